The zero-order chi connectivity index (χ0) is 20.0. The Morgan fingerprint density at radius 2 is 1.59 bits per heavy atom. The zero-order valence-corrected chi connectivity index (χ0v) is 20.0. The summed E-state index contributed by atoms with van der Waals surface area (Å²) in [6.07, 6.45) is -0.794. The lowest BCUT2D eigenvalue weighted by molar-refractivity contribution is -0.135. The minimum atomic E-state index is -1.07. The van der Waals surface area contributed by atoms with Crippen LogP contribution in [0.2, 0.25) is 0 Å². The van der Waals surface area contributed by atoms with Crippen molar-refractivity contribution in [3.8, 4) is 5.75 Å². The molecule has 0 saturated heterocycles. The van der Waals surface area contributed by atoms with Crippen LogP contribution in [0.1, 0.15) is 16.8 Å². The van der Waals surface area contributed by atoms with Crippen LogP contribution in [0.3, 0.4) is 0 Å². The lowest BCUT2D eigenvalue weighted by Crippen LogP contribution is -2.18. The fraction of sp³-hybridized carbons (Fsp3) is 0.118. The molecule has 0 aliphatic heterocycles. The van der Waals surface area contributed by atoms with Gasteiger partial charge in [0.1, 0.15) is 12.4 Å². The third-order valence-electron chi connectivity index (χ3n) is 3.10. The summed E-state index contributed by atoms with van der Waals surface area (Å²) >= 11 is 6.58. The second-order valence-corrected chi connectivity index (χ2v) is 8.47. The Morgan fingerprint density at radius 3 is 2.15 bits per heavy atom. The number of carboxylic acid groups (broad SMARTS) is 1. The fourth-order valence-electron chi connectivity index (χ4n) is 1.86. The average molecular weight is 707 g/mol. The number of hydrogen-bond donors (Lipinski definition) is 2. The summed E-state index contributed by atoms with van der Waals surface area (Å²) in [6.45, 7) is -0.142. The normalized spacial score (nSPS) is 10.2. The maximum atomic E-state index is 11.8. The van der Waals surface area contributed by atoms with Gasteiger partial charge in [-0.15, -0.1) is 0 Å². The number of halogens is 3. The number of benzene rings is 2. The number of amides is 1. The Hall–Kier alpha value is -1.16. The van der Waals surface area contributed by atoms with Crippen molar-refractivity contribution in [3.63, 3.8) is 0 Å². The van der Waals surface area contributed by atoms with E-state index in [4.69, 9.17) is 14.6 Å². The van der Waals surface area contributed by atoms with Crippen LogP contribution < -0.4 is 10.1 Å². The minimum Gasteiger partial charge on any atom is -0.478 e. The summed E-state index contributed by atoms with van der Waals surface area (Å²) in [4.78, 5) is 34.3. The largest absolute Gasteiger partial charge is 0.478 e. The van der Waals surface area contributed by atoms with E-state index in [0.717, 1.165) is 10.7 Å². The average Bonchev–Trinajstić information content (AvgIpc) is 2.60. The molecule has 0 unspecified atom stereocenters. The van der Waals surface area contributed by atoms with Crippen LogP contribution in [0.5, 0.6) is 5.75 Å². The molecule has 0 spiro atoms. The molecule has 0 bridgehead atoms. The summed E-state index contributed by atoms with van der Waals surface area (Å²) in [7, 11) is 0. The van der Waals surface area contributed by atoms with E-state index >= 15 is 0 Å². The van der Waals surface area contributed by atoms with E-state index in [1.807, 2.05) is 12.1 Å². The highest BCUT2D eigenvalue weighted by molar-refractivity contribution is 14.1. The topological polar surface area (TPSA) is 102 Å². The highest BCUT2D eigenvalue weighted by atomic mass is 127. The minimum absolute atomic E-state index is 0.0923. The van der Waals surface area contributed by atoms with Crippen molar-refractivity contribution in [2.75, 3.05) is 11.9 Å². The van der Waals surface area contributed by atoms with E-state index in [0.29, 0.717) is 5.69 Å². The molecule has 2 N–H and O–H groups in total. The van der Waals surface area contributed by atoms with Gasteiger partial charge in [0.05, 0.1) is 12.0 Å². The van der Waals surface area contributed by atoms with Gasteiger partial charge in [0, 0.05) is 16.4 Å². The molecule has 10 heteroatoms. The van der Waals surface area contributed by atoms with Gasteiger partial charge in [-0.1, -0.05) is 0 Å². The first-order chi connectivity index (χ1) is 12.8. The Kier molecular flexibility index (Phi) is 8.53. The van der Waals surface area contributed by atoms with Gasteiger partial charge in [-0.3, -0.25) is 10.1 Å². The lowest BCUT2D eigenvalue weighted by atomic mass is 10.2. The molecule has 0 saturated carbocycles. The Labute approximate surface area is 195 Å². The third kappa shape index (κ3) is 7.06. The number of anilines is 1. The number of ether oxygens (including phenoxy) is 2. The van der Waals surface area contributed by atoms with E-state index in [-0.39, 0.29) is 24.3 Å². The molecule has 2 rings (SSSR count). The summed E-state index contributed by atoms with van der Waals surface area (Å²) in [5.74, 6) is -1.44. The number of esters is 1. The van der Waals surface area contributed by atoms with Gasteiger partial charge in [-0.2, -0.15) is 0 Å². The number of carboxylic acids is 1. The number of aromatic carboxylic acids is 1. The van der Waals surface area contributed by atoms with Crippen molar-refractivity contribution in [1.29, 1.82) is 0 Å². The summed E-state index contributed by atoms with van der Waals surface area (Å²) in [5.41, 5.74) is 0.699. The molecular weight excluding hydrogens is 695 g/mol. The highest BCUT2D eigenvalue weighted by Gasteiger charge is 2.11. The van der Waals surface area contributed by atoms with Gasteiger partial charge in [0.25, 0.3) is 0 Å². The van der Waals surface area contributed by atoms with Gasteiger partial charge in [0.2, 0.25) is 0 Å². The van der Waals surface area contributed by atoms with E-state index in [9.17, 15) is 14.4 Å². The Morgan fingerprint density at radius 1 is 1.00 bits per heavy atom. The first kappa shape index (κ1) is 22.1. The smallest absolute Gasteiger partial charge is 0.411 e. The quantitative estimate of drug-likeness (QED) is 0.195. The molecule has 27 heavy (non-hydrogen) atoms. The molecule has 0 fully saturated rings. The first-order valence-electron chi connectivity index (χ1n) is 7.38. The molecule has 0 aliphatic carbocycles. The third-order valence-corrected chi connectivity index (χ3v) is 8.03. The van der Waals surface area contributed by atoms with E-state index in [2.05, 4.69) is 73.1 Å². The van der Waals surface area contributed by atoms with Crippen LogP contribution in [0.25, 0.3) is 0 Å². The second kappa shape index (κ2) is 10.4. The summed E-state index contributed by atoms with van der Waals surface area (Å²) in [6, 6.07) is 9.07. The molecule has 0 heterocycles. The molecule has 7 nitrogen and oxygen atoms in total. The molecule has 1 amide bonds. The van der Waals surface area contributed by atoms with Crippen LogP contribution in [-0.2, 0) is 9.53 Å². The molecular formula is C17H12I3NO6. The molecule has 0 aromatic heterocycles. The molecule has 142 valence electrons. The van der Waals surface area contributed by atoms with Crippen molar-refractivity contribution in [2.45, 2.75) is 6.42 Å². The van der Waals surface area contributed by atoms with Crippen molar-refractivity contribution < 1.29 is 29.0 Å². The van der Waals surface area contributed by atoms with Crippen LogP contribution in [-0.4, -0.2) is 29.7 Å². The number of carbonyl (C=O) groups excluding carboxylic acids is 2. The van der Waals surface area contributed by atoms with Crippen LogP contribution in [0, 0.1) is 10.7 Å². The number of carbonyl (C=O) groups is 3. The Balaban J connectivity index is 1.77. The van der Waals surface area contributed by atoms with Crippen molar-refractivity contribution in [3.05, 3.63) is 52.7 Å². The Bertz CT molecular complexity index is 846. The molecule has 2 aromatic carbocycles. The van der Waals surface area contributed by atoms with Gasteiger partial charge in [0.15, 0.2) is 0 Å². The van der Waals surface area contributed by atoms with Crippen molar-refractivity contribution in [1.82, 2.24) is 0 Å². The highest BCUT2D eigenvalue weighted by Crippen LogP contribution is 2.25. The van der Waals surface area contributed by atoms with Crippen LogP contribution in [0.15, 0.2) is 36.4 Å². The molecule has 0 atom stereocenters. The summed E-state index contributed by atoms with van der Waals surface area (Å²) < 4.78 is 13.1. The van der Waals surface area contributed by atoms with E-state index in [1.165, 1.54) is 24.3 Å². The summed E-state index contributed by atoms with van der Waals surface area (Å²) in [5, 5.41) is 11.4. The SMILES string of the molecule is O=C(CCOC(=O)Nc1cc(I)c(I)c(I)c1)Oc1ccc(C(=O)O)cc1. The molecule has 2 aromatic rings. The monoisotopic (exact) mass is 707 g/mol. The standard InChI is InChI=1S/C17H12I3NO6/c18-12-7-10(8-13(19)15(12)20)21-17(25)26-6-5-14(22)27-11-3-1-9(2-4-11)16(23)24/h1-4,7-8H,5-6H2,(H,21,25)(H,23,24). The first-order valence-corrected chi connectivity index (χ1v) is 10.6. The molecule has 0 radical (unpaired) electrons. The van der Waals surface area contributed by atoms with Crippen molar-refractivity contribution in [2.24, 2.45) is 0 Å². The number of hydrogen-bond acceptors (Lipinski definition) is 5. The van der Waals surface area contributed by atoms with E-state index < -0.39 is 18.0 Å². The van der Waals surface area contributed by atoms with Gasteiger partial charge in [-0.25, -0.2) is 9.59 Å². The number of rotatable bonds is 6. The van der Waals surface area contributed by atoms with E-state index in [1.54, 1.807) is 0 Å². The predicted molar refractivity (Wildman–Crippen MR) is 123 cm³/mol. The number of nitrogens with one attached hydrogen (secondary N) is 1. The van der Waals surface area contributed by atoms with Crippen LogP contribution >= 0.6 is 67.8 Å². The van der Waals surface area contributed by atoms with Crippen LogP contribution in [0.4, 0.5) is 10.5 Å². The maximum Gasteiger partial charge on any atom is 0.411 e. The fourth-order valence-corrected chi connectivity index (χ4v) is 3.94. The maximum absolute atomic E-state index is 11.8. The second-order valence-electron chi connectivity index (χ2n) is 5.07. The van der Waals surface area contributed by atoms with Gasteiger partial charge >= 0.3 is 18.0 Å². The zero-order valence-electron chi connectivity index (χ0n) is 13.5. The van der Waals surface area contributed by atoms with Gasteiger partial charge in [-0.05, 0) is 104 Å². The molecule has 0 aliphatic rings. The lowest BCUT2D eigenvalue weighted by Gasteiger charge is -2.09. The van der Waals surface area contributed by atoms with Crippen molar-refractivity contribution >= 4 is 91.5 Å². The van der Waals surface area contributed by atoms with Gasteiger partial charge < -0.3 is 14.6 Å². The predicted octanol–water partition coefficient (Wildman–Crippen LogP) is 4.74.